The number of aromatic nitrogens is 2. The molecule has 2 aromatic heterocycles. The number of carbonyl (C=O) groups is 4. The van der Waals surface area contributed by atoms with Crippen molar-refractivity contribution in [3.63, 3.8) is 0 Å². The van der Waals surface area contributed by atoms with E-state index in [0.717, 1.165) is 53.0 Å². The van der Waals surface area contributed by atoms with Gasteiger partial charge in [0, 0.05) is 73.5 Å². The Balaban J connectivity index is 0.000000364. The number of aliphatic hydroxyl groups excluding tert-OH is 4. The molecule has 2 aliphatic carbocycles. The molecular weight excluding hydrogens is 1090 g/mol. The van der Waals surface area contributed by atoms with Crippen LogP contribution >= 0.6 is 0 Å². The minimum atomic E-state index is -1.84. The van der Waals surface area contributed by atoms with Crippen LogP contribution in [-0.2, 0) is 45.1 Å². The molecule has 4 aromatic carbocycles. The Bertz CT molecular complexity index is 3360. The molecule has 2 heterocycles. The van der Waals surface area contributed by atoms with Gasteiger partial charge in [-0.25, -0.2) is 31.1 Å². The van der Waals surface area contributed by atoms with E-state index in [0.29, 0.717) is 48.7 Å². The number of carboxylic acids is 1. The van der Waals surface area contributed by atoms with E-state index in [2.05, 4.69) is 5.73 Å². The minimum Gasteiger partial charge on any atom is -1.00 e. The Morgan fingerprint density at radius 2 is 0.988 bits per heavy atom. The van der Waals surface area contributed by atoms with Crippen LogP contribution in [0.5, 0.6) is 0 Å². The Morgan fingerprint density at radius 1 is 0.568 bits per heavy atom. The zero-order chi connectivity index (χ0) is 58.1. The maximum Gasteiger partial charge on any atom is 0.376 e. The van der Waals surface area contributed by atoms with E-state index < -0.39 is 92.5 Å². The van der Waals surface area contributed by atoms with Crippen molar-refractivity contribution in [3.8, 4) is 0 Å². The predicted molar refractivity (Wildman–Crippen MR) is 287 cm³/mol. The molecule has 0 unspecified atom stereocenters. The molecule has 0 radical (unpaired) electrons. The summed E-state index contributed by atoms with van der Waals surface area (Å²) in [6, 6.07) is 20.2. The van der Waals surface area contributed by atoms with Crippen LogP contribution in [0.1, 0.15) is 111 Å². The van der Waals surface area contributed by atoms with Crippen LogP contribution in [-0.4, -0.2) is 76.2 Å². The summed E-state index contributed by atoms with van der Waals surface area (Å²) in [7, 11) is 0. The maximum absolute atomic E-state index is 14.3. The number of Topliss-reactive ketones (excluding diaryl/α,β-unsaturated/α-hetero) is 1. The Labute approximate surface area is 469 Å². The van der Waals surface area contributed by atoms with Crippen molar-refractivity contribution in [2.45, 2.75) is 110 Å². The number of benzene rings is 4. The number of hydrogen-bond donors (Lipinski definition) is 6. The van der Waals surface area contributed by atoms with Gasteiger partial charge in [-0.2, -0.15) is 0 Å². The van der Waals surface area contributed by atoms with Gasteiger partial charge in [0.2, 0.25) is 11.6 Å². The van der Waals surface area contributed by atoms with Gasteiger partial charge in [-0.1, -0.05) is 76.2 Å². The summed E-state index contributed by atoms with van der Waals surface area (Å²) in [5, 5.41) is 48.5. The first kappa shape index (κ1) is 67.4. The molecular formula is C60H64ClF6N3O11. The van der Waals surface area contributed by atoms with Crippen LogP contribution in [0.3, 0.4) is 0 Å². The van der Waals surface area contributed by atoms with Crippen LogP contribution < -0.4 is 29.3 Å². The fourth-order valence-corrected chi connectivity index (χ4v) is 8.74. The fraction of sp³-hybridized carbons (Fsp3) is 0.300. The van der Waals surface area contributed by atoms with Gasteiger partial charge in [-0.3, -0.25) is 24.0 Å². The number of halogens is 7. The van der Waals surface area contributed by atoms with Gasteiger partial charge in [-0.15, -0.1) is 0 Å². The van der Waals surface area contributed by atoms with Crippen molar-refractivity contribution >= 4 is 34.8 Å². The van der Waals surface area contributed by atoms with Crippen molar-refractivity contribution in [1.82, 2.24) is 9.13 Å². The maximum atomic E-state index is 14.3. The number of nitrogens with zero attached hydrogens (tertiary/aromatic N) is 2. The van der Waals surface area contributed by atoms with Crippen molar-refractivity contribution in [2.75, 3.05) is 0 Å². The summed E-state index contributed by atoms with van der Waals surface area (Å²) in [5.41, 5.74) is 2.49. The predicted octanol–water partition coefficient (Wildman–Crippen LogP) is 5.76. The monoisotopic (exact) mass is 1150 g/mol. The number of rotatable bonds is 16. The van der Waals surface area contributed by atoms with Gasteiger partial charge in [-0.05, 0) is 90.3 Å². The van der Waals surface area contributed by atoms with Crippen molar-refractivity contribution in [2.24, 2.45) is 5.92 Å². The molecule has 0 bridgehead atoms. The lowest BCUT2D eigenvalue weighted by Gasteiger charge is -2.13. The van der Waals surface area contributed by atoms with Crippen LogP contribution in [0.4, 0.5) is 26.3 Å². The summed E-state index contributed by atoms with van der Waals surface area (Å²) in [4.78, 5) is 73.1. The van der Waals surface area contributed by atoms with Crippen LogP contribution in [0.2, 0.25) is 0 Å². The molecule has 0 aliphatic heterocycles. The van der Waals surface area contributed by atoms with E-state index in [9.17, 15) is 70.4 Å². The van der Waals surface area contributed by atoms with Gasteiger partial charge in [0.25, 0.3) is 16.9 Å². The topological polar surface area (TPSA) is 241 Å². The van der Waals surface area contributed by atoms with Gasteiger partial charge in [0.1, 0.15) is 58.6 Å². The molecule has 81 heavy (non-hydrogen) atoms. The normalized spacial score (nSPS) is 16.4. The van der Waals surface area contributed by atoms with Crippen molar-refractivity contribution in [1.29, 1.82) is 0 Å². The number of carbonyl (C=O) groups excluding carboxylic acids is 3. The SMILES string of the molecule is C.CC.O=C(C=C(O)c1cc(Cc2ccc(F)cc2F)cn(Cc2ccccc2F)c1=O)C(=O)C[C@H]1CCC[C@@H]1O.O=C(O)C(=O)C=C(O)c1cc(Cc2ccc(F)cc2F)cn(Cc2ccccc2F)c1=O.[Cl-].[NH3+][C@H]1CCC[C@@H]1O. The second kappa shape index (κ2) is 31.8. The summed E-state index contributed by atoms with van der Waals surface area (Å²) in [6.07, 6.45) is 7.68. The Kier molecular flexibility index (Phi) is 26.4. The van der Waals surface area contributed by atoms with Crippen LogP contribution in [0.15, 0.2) is 131 Å². The smallest absolute Gasteiger partial charge is 0.376 e. The van der Waals surface area contributed by atoms with Gasteiger partial charge >= 0.3 is 5.97 Å². The Morgan fingerprint density at radius 3 is 1.35 bits per heavy atom. The summed E-state index contributed by atoms with van der Waals surface area (Å²) in [5.74, 6) is -11.5. The first-order valence-electron chi connectivity index (χ1n) is 25.3. The molecule has 8 N–H and O–H groups in total. The largest absolute Gasteiger partial charge is 1.00 e. The third-order valence-electron chi connectivity index (χ3n) is 13.0. The second-order valence-electron chi connectivity index (χ2n) is 18.6. The molecule has 0 amide bonds. The van der Waals surface area contributed by atoms with E-state index in [4.69, 9.17) is 10.2 Å². The zero-order valence-corrected chi connectivity index (χ0v) is 44.3. The quantitative estimate of drug-likeness (QED) is 0.0295. The highest BCUT2D eigenvalue weighted by atomic mass is 35.5. The highest BCUT2D eigenvalue weighted by Crippen LogP contribution is 2.29. The Hall–Kier alpha value is -7.91. The lowest BCUT2D eigenvalue weighted by molar-refractivity contribution is -0.432. The molecule has 8 rings (SSSR count). The first-order valence-corrected chi connectivity index (χ1v) is 25.3. The van der Waals surface area contributed by atoms with E-state index in [1.165, 1.54) is 67.0 Å². The molecule has 0 saturated heterocycles. The number of ketones is 3. The van der Waals surface area contributed by atoms with E-state index in [-0.39, 0.29) is 97.6 Å². The number of pyridine rings is 2. The molecule has 0 spiro atoms. The van der Waals surface area contributed by atoms with E-state index in [1.54, 1.807) is 12.1 Å². The van der Waals surface area contributed by atoms with Crippen molar-refractivity contribution < 1.29 is 89.2 Å². The number of carboxylic acid groups (broad SMARTS) is 1. The highest BCUT2D eigenvalue weighted by molar-refractivity contribution is 6.42. The van der Waals surface area contributed by atoms with E-state index >= 15 is 0 Å². The van der Waals surface area contributed by atoms with Gasteiger partial charge in [0.05, 0.1) is 30.3 Å². The summed E-state index contributed by atoms with van der Waals surface area (Å²) < 4.78 is 85.5. The molecule has 2 aliphatic rings. The molecule has 2 fully saturated rings. The minimum absolute atomic E-state index is 0. The second-order valence-corrected chi connectivity index (χ2v) is 18.6. The number of aliphatic hydroxyl groups is 4. The average molecular weight is 1150 g/mol. The number of aliphatic carboxylic acids is 1. The van der Waals surface area contributed by atoms with Gasteiger partial charge < -0.3 is 52.8 Å². The molecule has 21 heteroatoms. The summed E-state index contributed by atoms with van der Waals surface area (Å²) >= 11 is 0. The average Bonchev–Trinajstić information content (AvgIpc) is 4.08. The fourth-order valence-electron chi connectivity index (χ4n) is 8.74. The van der Waals surface area contributed by atoms with Crippen LogP contribution in [0, 0.1) is 40.8 Å². The van der Waals surface area contributed by atoms with E-state index in [1.807, 2.05) is 13.8 Å². The molecule has 14 nitrogen and oxygen atoms in total. The van der Waals surface area contributed by atoms with Crippen LogP contribution in [0.25, 0.3) is 11.5 Å². The zero-order valence-electron chi connectivity index (χ0n) is 43.6. The molecule has 2 saturated carbocycles. The molecule has 4 atom stereocenters. The first-order chi connectivity index (χ1) is 37.6. The lowest BCUT2D eigenvalue weighted by Crippen LogP contribution is -3.00. The number of quaternary nitrogens is 1. The highest BCUT2D eigenvalue weighted by Gasteiger charge is 2.29. The molecule has 6 aromatic rings. The lowest BCUT2D eigenvalue weighted by atomic mass is 9.96. The third kappa shape index (κ3) is 19.1. The number of hydrogen-bond acceptors (Lipinski definition) is 10. The molecule has 434 valence electrons. The number of allylic oxidation sites excluding steroid dienone is 1. The van der Waals surface area contributed by atoms with Gasteiger partial charge in [0.15, 0.2) is 0 Å². The third-order valence-corrected chi connectivity index (χ3v) is 13.0. The summed E-state index contributed by atoms with van der Waals surface area (Å²) in [6.45, 7) is 3.52. The standard InChI is InChI=1S/C29H26F3NO5.C23H16F3NO5.C5H11NO.C2H6.CH4.ClH/c30-21-9-8-18(24(32)13-21)10-17-11-22(29(38)33(15-17)16-20-4-1-2-6-23(20)31)26(35)14-28(37)27(36)12-19-5-3-7-25(19)34;24-16-6-5-14(19(26)9-16)7-13-8-17(20(28)10-21(29)23(31)32)22(30)27(11-13)12-15-3-1-2-4-18(15)25;6-4-2-1-3-5(4)7;1-2;;/h1-2,4,6,8-9,11,13-15,19,25,34-35H,3,5,7,10,12,16H2;1-6,8-11,28H,7,12H2,(H,31,32);4-5,7H,1-3,6H2;1-2H3;1H4;1H/t19-,25+;;4-,5-;;;/m1.0.../s1. The van der Waals surface area contributed by atoms with Crippen molar-refractivity contribution in [3.05, 3.63) is 222 Å².